The molecule has 9 heteroatoms. The molecular formula is C30H30N4O5. The Bertz CT molecular complexity index is 1460. The van der Waals surface area contributed by atoms with Gasteiger partial charge in [-0.2, -0.15) is 0 Å². The number of benzene rings is 2. The van der Waals surface area contributed by atoms with Gasteiger partial charge in [-0.1, -0.05) is 29.1 Å². The normalized spacial score (nSPS) is 16.3. The lowest BCUT2D eigenvalue weighted by Gasteiger charge is -2.31. The summed E-state index contributed by atoms with van der Waals surface area (Å²) in [5.41, 5.74) is 4.62. The smallest absolute Gasteiger partial charge is 0.336 e. The molecule has 2 aromatic carbocycles. The Labute approximate surface area is 227 Å². The van der Waals surface area contributed by atoms with Gasteiger partial charge < -0.3 is 23.7 Å². The predicted octanol–water partition coefficient (Wildman–Crippen LogP) is 3.41. The second-order valence-electron chi connectivity index (χ2n) is 9.41. The van der Waals surface area contributed by atoms with Crippen molar-refractivity contribution in [3.05, 3.63) is 95.2 Å². The number of aromatic nitrogens is 3. The van der Waals surface area contributed by atoms with Crippen LogP contribution in [-0.2, 0) is 27.4 Å². The maximum Gasteiger partial charge on any atom is 0.336 e. The highest BCUT2D eigenvalue weighted by Crippen LogP contribution is 2.22. The molecule has 5 rings (SSSR count). The van der Waals surface area contributed by atoms with Crippen LogP contribution in [0.15, 0.2) is 71.5 Å². The van der Waals surface area contributed by atoms with Crippen molar-refractivity contribution in [1.82, 2.24) is 19.6 Å². The number of aliphatic hydroxyl groups excluding tert-OH is 1. The Morgan fingerprint density at radius 2 is 1.85 bits per heavy atom. The molecule has 1 aliphatic heterocycles. The first kappa shape index (κ1) is 26.4. The first-order valence-electron chi connectivity index (χ1n) is 12.8. The molecule has 1 N–H and O–H groups in total. The molecule has 0 bridgehead atoms. The largest absolute Gasteiger partial charge is 0.467 e. The van der Waals surface area contributed by atoms with Crippen LogP contribution >= 0.6 is 0 Å². The van der Waals surface area contributed by atoms with Gasteiger partial charge in [0.15, 0.2) is 11.9 Å². The van der Waals surface area contributed by atoms with Crippen LogP contribution in [0, 0.1) is 11.8 Å². The van der Waals surface area contributed by atoms with Crippen LogP contribution in [0.1, 0.15) is 41.2 Å². The van der Waals surface area contributed by atoms with Crippen LogP contribution < -0.4 is 0 Å². The number of carbonyl (C=O) groups is 1. The number of morpholine rings is 1. The third-order valence-corrected chi connectivity index (χ3v) is 6.51. The molecule has 9 nitrogen and oxygen atoms in total. The van der Waals surface area contributed by atoms with Crippen molar-refractivity contribution in [3.8, 4) is 23.2 Å². The van der Waals surface area contributed by atoms with Crippen molar-refractivity contribution < 1.29 is 23.9 Å². The van der Waals surface area contributed by atoms with Gasteiger partial charge in [-0.15, -0.1) is 0 Å². The molecule has 39 heavy (non-hydrogen) atoms. The van der Waals surface area contributed by atoms with E-state index in [9.17, 15) is 9.90 Å². The number of hydrogen-bond acceptors (Lipinski definition) is 8. The summed E-state index contributed by atoms with van der Waals surface area (Å²) < 4.78 is 17.7. The van der Waals surface area contributed by atoms with Gasteiger partial charge in [0, 0.05) is 54.8 Å². The number of esters is 1. The van der Waals surface area contributed by atoms with Gasteiger partial charge in [-0.3, -0.25) is 4.90 Å². The summed E-state index contributed by atoms with van der Waals surface area (Å²) in [5.74, 6) is 7.34. The van der Waals surface area contributed by atoms with E-state index in [1.807, 2.05) is 53.2 Å². The summed E-state index contributed by atoms with van der Waals surface area (Å²) in [6, 6.07) is 17.9. The summed E-state index contributed by atoms with van der Waals surface area (Å²) in [6.45, 7) is 4.69. The van der Waals surface area contributed by atoms with Gasteiger partial charge in [0.1, 0.15) is 17.6 Å². The van der Waals surface area contributed by atoms with Crippen molar-refractivity contribution in [2.24, 2.45) is 0 Å². The quantitative estimate of drug-likeness (QED) is 0.289. The Kier molecular flexibility index (Phi) is 8.18. The van der Waals surface area contributed by atoms with Crippen molar-refractivity contribution in [2.75, 3.05) is 26.8 Å². The van der Waals surface area contributed by atoms with Crippen LogP contribution in [0.25, 0.3) is 11.3 Å². The maximum absolute atomic E-state index is 11.8. The lowest BCUT2D eigenvalue weighted by molar-refractivity contribution is -0.160. The third-order valence-electron chi connectivity index (χ3n) is 6.51. The molecule has 3 heterocycles. The van der Waals surface area contributed by atoms with Crippen LogP contribution in [0.5, 0.6) is 0 Å². The topological polar surface area (TPSA) is 103 Å². The fourth-order valence-corrected chi connectivity index (χ4v) is 4.45. The van der Waals surface area contributed by atoms with Crippen molar-refractivity contribution in [1.29, 1.82) is 0 Å². The monoisotopic (exact) mass is 526 g/mol. The van der Waals surface area contributed by atoms with Gasteiger partial charge in [0.05, 0.1) is 20.3 Å². The molecule has 0 aliphatic carbocycles. The van der Waals surface area contributed by atoms with Crippen molar-refractivity contribution in [3.63, 3.8) is 0 Å². The van der Waals surface area contributed by atoms with E-state index in [2.05, 4.69) is 39.0 Å². The van der Waals surface area contributed by atoms with Gasteiger partial charge in [-0.25, -0.2) is 9.78 Å². The molecular weight excluding hydrogens is 496 g/mol. The van der Waals surface area contributed by atoms with E-state index < -0.39 is 12.2 Å². The maximum atomic E-state index is 11.8. The number of imidazole rings is 1. The standard InChI is InChI=1S/C30H30N4O5/c1-21(35)29-31-13-14-34(29)19-26-17-27(39-32-26)25-11-9-23(10-12-25)4-3-22-5-7-24(8-6-22)18-33-15-16-38-28(20-33)30(36)37-2/h5-14,17,21,28,35H,15-16,18-20H2,1-2H3/t21-,28?/m0/s1. The fourth-order valence-electron chi connectivity index (χ4n) is 4.45. The molecule has 2 aromatic heterocycles. The Morgan fingerprint density at radius 3 is 2.54 bits per heavy atom. The second-order valence-corrected chi connectivity index (χ2v) is 9.41. The molecule has 1 fully saturated rings. The van der Waals surface area contributed by atoms with Gasteiger partial charge in [-0.05, 0) is 48.9 Å². The highest BCUT2D eigenvalue weighted by atomic mass is 16.6. The lowest BCUT2D eigenvalue weighted by Crippen LogP contribution is -2.46. The summed E-state index contributed by atoms with van der Waals surface area (Å²) in [7, 11) is 1.38. The molecule has 1 unspecified atom stereocenters. The van der Waals surface area contributed by atoms with Crippen LogP contribution in [0.2, 0.25) is 0 Å². The molecule has 0 radical (unpaired) electrons. The van der Waals surface area contributed by atoms with Crippen LogP contribution in [0.4, 0.5) is 0 Å². The number of nitrogens with zero attached hydrogens (tertiary/aromatic N) is 4. The summed E-state index contributed by atoms with van der Waals surface area (Å²) >= 11 is 0. The number of carbonyl (C=O) groups excluding carboxylic acids is 1. The average Bonchev–Trinajstić information content (AvgIpc) is 3.63. The molecule has 0 spiro atoms. The predicted molar refractivity (Wildman–Crippen MR) is 143 cm³/mol. The summed E-state index contributed by atoms with van der Waals surface area (Å²) in [4.78, 5) is 18.1. The lowest BCUT2D eigenvalue weighted by atomic mass is 10.1. The highest BCUT2D eigenvalue weighted by molar-refractivity contribution is 5.74. The fraction of sp³-hybridized carbons (Fsp3) is 0.300. The van der Waals surface area contributed by atoms with Gasteiger partial charge >= 0.3 is 5.97 Å². The van der Waals surface area contributed by atoms with E-state index in [0.29, 0.717) is 31.3 Å². The van der Waals surface area contributed by atoms with Crippen molar-refractivity contribution >= 4 is 5.97 Å². The minimum atomic E-state index is -0.657. The van der Waals surface area contributed by atoms with E-state index in [1.165, 1.54) is 7.11 Å². The van der Waals surface area contributed by atoms with Gasteiger partial charge in [0.25, 0.3) is 0 Å². The molecule has 2 atom stereocenters. The number of aliphatic hydroxyl groups is 1. The SMILES string of the molecule is COC(=O)C1CN(Cc2ccc(C#Cc3ccc(-c4cc(Cn5ccnc5[C@H](C)O)no4)cc3)cc2)CCO1. The molecule has 4 aromatic rings. The van der Waals surface area contributed by atoms with E-state index >= 15 is 0 Å². The Balaban J connectivity index is 1.17. The first-order valence-corrected chi connectivity index (χ1v) is 12.8. The van der Waals surface area contributed by atoms with E-state index in [4.69, 9.17) is 14.0 Å². The molecule has 0 amide bonds. The van der Waals surface area contributed by atoms with E-state index in [-0.39, 0.29) is 5.97 Å². The molecule has 1 aliphatic rings. The van der Waals surface area contributed by atoms with E-state index in [0.717, 1.165) is 41.0 Å². The van der Waals surface area contributed by atoms with Crippen molar-refractivity contribution in [2.45, 2.75) is 32.2 Å². The Morgan fingerprint density at radius 1 is 1.13 bits per heavy atom. The summed E-state index contributed by atoms with van der Waals surface area (Å²) in [5, 5.41) is 14.0. The third kappa shape index (κ3) is 6.62. The molecule has 200 valence electrons. The zero-order chi connectivity index (χ0) is 27.2. The molecule has 0 saturated carbocycles. The minimum absolute atomic E-state index is 0.332. The summed E-state index contributed by atoms with van der Waals surface area (Å²) in [6.07, 6.45) is 2.28. The van der Waals surface area contributed by atoms with E-state index in [1.54, 1.807) is 13.1 Å². The number of ether oxygens (including phenoxy) is 2. The Hall–Kier alpha value is -4.23. The number of rotatable bonds is 7. The minimum Gasteiger partial charge on any atom is -0.467 e. The zero-order valence-electron chi connectivity index (χ0n) is 21.9. The molecule has 1 saturated heterocycles. The number of hydrogen-bond donors (Lipinski definition) is 1. The van der Waals surface area contributed by atoms with Crippen LogP contribution in [-0.4, -0.2) is 63.6 Å². The van der Waals surface area contributed by atoms with Crippen LogP contribution in [0.3, 0.4) is 0 Å². The first-order chi connectivity index (χ1) is 19.0. The average molecular weight is 527 g/mol. The van der Waals surface area contributed by atoms with Gasteiger partial charge in [0.2, 0.25) is 0 Å². The zero-order valence-corrected chi connectivity index (χ0v) is 21.9. The highest BCUT2D eigenvalue weighted by Gasteiger charge is 2.27. The second kappa shape index (κ2) is 12.1. The number of methoxy groups -OCH3 is 1.